The van der Waals surface area contributed by atoms with Gasteiger partial charge in [0.1, 0.15) is 0 Å². The van der Waals surface area contributed by atoms with Gasteiger partial charge in [-0.05, 0) is 24.3 Å². The summed E-state index contributed by atoms with van der Waals surface area (Å²) in [5.41, 5.74) is 1.31. The summed E-state index contributed by atoms with van der Waals surface area (Å²) in [6.07, 6.45) is 3.56. The number of furan rings is 1. The molecule has 1 aromatic heterocycles. The van der Waals surface area contributed by atoms with E-state index in [1.165, 1.54) is 18.0 Å². The van der Waals surface area contributed by atoms with E-state index in [4.69, 9.17) is 16.0 Å². The Morgan fingerprint density at radius 3 is 2.95 bits per heavy atom. The molecule has 112 valence electrons. The maximum absolute atomic E-state index is 11.6. The molecule has 2 rings (SSSR count). The van der Waals surface area contributed by atoms with Crippen LogP contribution in [-0.4, -0.2) is 41.0 Å². The van der Waals surface area contributed by atoms with Crippen molar-refractivity contribution >= 4 is 47.4 Å². The van der Waals surface area contributed by atoms with Crippen LogP contribution in [0.25, 0.3) is 11.0 Å². The number of fused-ring (bicyclic) bond motifs is 1. The maximum atomic E-state index is 11.6. The minimum atomic E-state index is -1.65. The van der Waals surface area contributed by atoms with E-state index in [0.717, 1.165) is 10.9 Å². The molecule has 0 spiro atoms. The highest BCUT2D eigenvalue weighted by Crippen LogP contribution is 2.28. The highest BCUT2D eigenvalue weighted by Gasteiger charge is 2.26. The van der Waals surface area contributed by atoms with Crippen LogP contribution in [0.2, 0.25) is 5.02 Å². The van der Waals surface area contributed by atoms with Crippen LogP contribution in [0.5, 0.6) is 0 Å². The van der Waals surface area contributed by atoms with Crippen LogP contribution < -0.4 is 5.32 Å². The maximum Gasteiger partial charge on any atom is 0.475 e. The van der Waals surface area contributed by atoms with Crippen molar-refractivity contribution in [1.29, 1.82) is 0 Å². The van der Waals surface area contributed by atoms with Gasteiger partial charge < -0.3 is 19.8 Å². The zero-order chi connectivity index (χ0) is 15.4. The van der Waals surface area contributed by atoms with Gasteiger partial charge in [-0.1, -0.05) is 23.7 Å². The highest BCUT2D eigenvalue weighted by atomic mass is 35.5. The molecule has 8 heteroatoms. The van der Waals surface area contributed by atoms with Gasteiger partial charge in [0, 0.05) is 5.39 Å². The third kappa shape index (κ3) is 3.94. The molecule has 1 atom stereocenters. The van der Waals surface area contributed by atoms with Crippen molar-refractivity contribution < 1.29 is 19.3 Å². The molecule has 0 bridgehead atoms. The Bertz CT molecular complexity index is 634. The van der Waals surface area contributed by atoms with Gasteiger partial charge in [-0.2, -0.15) is 11.8 Å². The van der Waals surface area contributed by atoms with Crippen LogP contribution in [-0.2, 0) is 11.2 Å². The first kappa shape index (κ1) is 16.2. The SMILES string of the molecule is CSCC(=O)N[C@@H](Cc1coc2c(Cl)cccc12)B(O)O. The number of thioether (sulfide) groups is 1. The molecular weight excluding hydrogens is 312 g/mol. The minimum absolute atomic E-state index is 0.241. The number of para-hydroxylation sites is 1. The summed E-state index contributed by atoms with van der Waals surface area (Å²) >= 11 is 7.39. The smallest absolute Gasteiger partial charge is 0.462 e. The first-order chi connectivity index (χ1) is 10.0. The molecule has 1 amide bonds. The molecule has 21 heavy (non-hydrogen) atoms. The highest BCUT2D eigenvalue weighted by molar-refractivity contribution is 7.99. The molecule has 5 nitrogen and oxygen atoms in total. The molecule has 0 aliphatic heterocycles. The molecule has 1 heterocycles. The first-order valence-corrected chi connectivity index (χ1v) is 8.09. The lowest BCUT2D eigenvalue weighted by molar-refractivity contribution is -0.118. The topological polar surface area (TPSA) is 82.7 Å². The second-order valence-electron chi connectivity index (χ2n) is 4.60. The van der Waals surface area contributed by atoms with E-state index in [1.54, 1.807) is 18.4 Å². The fourth-order valence-corrected chi connectivity index (χ4v) is 2.65. The standard InChI is InChI=1S/C13H15BClNO4S/c1-21-7-12(17)16-11(14(18)19)5-8-6-20-13-9(8)3-2-4-10(13)15/h2-4,6,11,18-19H,5,7H2,1H3,(H,16,17)/t11-/m0/s1. The number of nitrogens with one attached hydrogen (secondary N) is 1. The average Bonchev–Trinajstić information content (AvgIpc) is 2.83. The third-order valence-electron chi connectivity index (χ3n) is 3.05. The number of hydrogen-bond acceptors (Lipinski definition) is 5. The number of amides is 1. The number of carbonyl (C=O) groups is 1. The molecule has 1 aromatic carbocycles. The number of hydrogen-bond donors (Lipinski definition) is 3. The minimum Gasteiger partial charge on any atom is -0.462 e. The molecule has 0 aliphatic rings. The van der Waals surface area contributed by atoms with E-state index in [9.17, 15) is 14.8 Å². The van der Waals surface area contributed by atoms with Crippen LogP contribution in [0.15, 0.2) is 28.9 Å². The molecule has 0 fully saturated rings. The number of benzene rings is 1. The van der Waals surface area contributed by atoms with Crippen molar-refractivity contribution in [3.05, 3.63) is 35.0 Å². The summed E-state index contributed by atoms with van der Waals surface area (Å²) < 4.78 is 5.40. The van der Waals surface area contributed by atoms with E-state index in [1.807, 2.05) is 6.07 Å². The summed E-state index contributed by atoms with van der Waals surface area (Å²) in [4.78, 5) is 11.6. The Kier molecular flexibility index (Phi) is 5.58. The van der Waals surface area contributed by atoms with E-state index in [0.29, 0.717) is 10.6 Å². The lowest BCUT2D eigenvalue weighted by Crippen LogP contribution is -2.48. The zero-order valence-electron chi connectivity index (χ0n) is 11.4. The van der Waals surface area contributed by atoms with Crippen molar-refractivity contribution in [3.63, 3.8) is 0 Å². The van der Waals surface area contributed by atoms with Crippen LogP contribution in [0, 0.1) is 0 Å². The fourth-order valence-electron chi connectivity index (χ4n) is 2.08. The van der Waals surface area contributed by atoms with E-state index in [-0.39, 0.29) is 18.1 Å². The van der Waals surface area contributed by atoms with Gasteiger partial charge in [-0.3, -0.25) is 4.79 Å². The van der Waals surface area contributed by atoms with E-state index < -0.39 is 13.1 Å². The predicted molar refractivity (Wildman–Crippen MR) is 85.4 cm³/mol. The van der Waals surface area contributed by atoms with Gasteiger partial charge in [0.25, 0.3) is 0 Å². The van der Waals surface area contributed by atoms with Gasteiger partial charge in [-0.25, -0.2) is 0 Å². The Labute approximate surface area is 131 Å². The lowest BCUT2D eigenvalue weighted by atomic mass is 9.76. The fraction of sp³-hybridized carbons (Fsp3) is 0.308. The number of carbonyl (C=O) groups excluding carboxylic acids is 1. The summed E-state index contributed by atoms with van der Waals surface area (Å²) in [7, 11) is -1.65. The number of rotatable bonds is 6. The number of halogens is 1. The van der Waals surface area contributed by atoms with Crippen LogP contribution in [0.1, 0.15) is 5.56 Å². The Morgan fingerprint density at radius 2 is 2.29 bits per heavy atom. The summed E-state index contributed by atoms with van der Waals surface area (Å²) in [5, 5.41) is 22.8. The Morgan fingerprint density at radius 1 is 1.52 bits per heavy atom. The molecule has 0 unspecified atom stereocenters. The Balaban J connectivity index is 2.19. The summed E-state index contributed by atoms with van der Waals surface area (Å²) in [5.74, 6) is -0.780. The summed E-state index contributed by atoms with van der Waals surface area (Å²) in [6.45, 7) is 0. The molecule has 2 aromatic rings. The van der Waals surface area contributed by atoms with Crippen LogP contribution in [0.4, 0.5) is 0 Å². The van der Waals surface area contributed by atoms with Gasteiger partial charge in [0.15, 0.2) is 5.58 Å². The average molecular weight is 328 g/mol. The van der Waals surface area contributed by atoms with Crippen molar-refractivity contribution in [2.75, 3.05) is 12.0 Å². The third-order valence-corrected chi connectivity index (χ3v) is 3.90. The van der Waals surface area contributed by atoms with E-state index in [2.05, 4.69) is 5.32 Å². The molecule has 0 aliphatic carbocycles. The van der Waals surface area contributed by atoms with E-state index >= 15 is 0 Å². The van der Waals surface area contributed by atoms with Crippen LogP contribution in [0.3, 0.4) is 0 Å². The largest absolute Gasteiger partial charge is 0.475 e. The van der Waals surface area contributed by atoms with Gasteiger partial charge >= 0.3 is 7.12 Å². The van der Waals surface area contributed by atoms with Crippen molar-refractivity contribution in [1.82, 2.24) is 5.32 Å². The Hall–Kier alpha value is -1.15. The van der Waals surface area contributed by atoms with Crippen molar-refractivity contribution in [2.45, 2.75) is 12.4 Å². The predicted octanol–water partition coefficient (Wildman–Crippen LogP) is 1.49. The first-order valence-electron chi connectivity index (χ1n) is 6.32. The lowest BCUT2D eigenvalue weighted by Gasteiger charge is -2.17. The molecular formula is C13H15BClNO4S. The second kappa shape index (κ2) is 7.22. The van der Waals surface area contributed by atoms with Gasteiger partial charge in [0.05, 0.1) is 23.0 Å². The van der Waals surface area contributed by atoms with Crippen molar-refractivity contribution in [2.24, 2.45) is 0 Å². The molecule has 0 radical (unpaired) electrons. The van der Waals surface area contributed by atoms with Crippen molar-refractivity contribution in [3.8, 4) is 0 Å². The molecule has 3 N–H and O–H groups in total. The second-order valence-corrected chi connectivity index (χ2v) is 5.88. The normalized spacial score (nSPS) is 12.4. The monoisotopic (exact) mass is 327 g/mol. The molecule has 0 saturated heterocycles. The zero-order valence-corrected chi connectivity index (χ0v) is 12.9. The summed E-state index contributed by atoms with van der Waals surface area (Å²) in [6, 6.07) is 5.35. The van der Waals surface area contributed by atoms with Gasteiger partial charge in [-0.15, -0.1) is 0 Å². The quantitative estimate of drug-likeness (QED) is 0.700. The van der Waals surface area contributed by atoms with Crippen LogP contribution >= 0.6 is 23.4 Å². The van der Waals surface area contributed by atoms with Gasteiger partial charge in [0.2, 0.25) is 5.91 Å². The molecule has 0 saturated carbocycles.